The van der Waals surface area contributed by atoms with E-state index in [1.807, 2.05) is 12.1 Å². The maximum absolute atomic E-state index is 10.9. The number of nitro groups is 1. The minimum absolute atomic E-state index is 0.227. The Balaban J connectivity index is 1.77. The molecule has 1 fully saturated rings. The summed E-state index contributed by atoms with van der Waals surface area (Å²) in [5.74, 6) is 0. The van der Waals surface area contributed by atoms with Crippen LogP contribution in [0.4, 0.5) is 5.69 Å². The number of para-hydroxylation sites is 1. The van der Waals surface area contributed by atoms with E-state index in [1.54, 1.807) is 12.1 Å². The largest absolute Gasteiger partial charge is 0.315 e. The Bertz CT molecular complexity index is 450. The van der Waals surface area contributed by atoms with Crippen molar-refractivity contribution < 1.29 is 4.92 Å². The van der Waals surface area contributed by atoms with Crippen molar-refractivity contribution in [2.24, 2.45) is 0 Å². The average Bonchev–Trinajstić information content (AvgIpc) is 2.91. The second-order valence-corrected chi connectivity index (χ2v) is 5.26. The highest BCUT2D eigenvalue weighted by molar-refractivity contribution is 5.39. The lowest BCUT2D eigenvalue weighted by Crippen LogP contribution is -2.38. The predicted molar refractivity (Wildman–Crippen MR) is 79.9 cm³/mol. The second kappa shape index (κ2) is 7.36. The number of benzene rings is 1. The van der Waals surface area contributed by atoms with Gasteiger partial charge in [0.1, 0.15) is 0 Å². The maximum atomic E-state index is 10.9. The van der Waals surface area contributed by atoms with Crippen LogP contribution in [-0.2, 0) is 6.42 Å². The molecule has 1 unspecified atom stereocenters. The summed E-state index contributed by atoms with van der Waals surface area (Å²) in [5.41, 5.74) is 1.04. The Kier molecular flexibility index (Phi) is 5.49. The first kappa shape index (κ1) is 14.9. The van der Waals surface area contributed by atoms with Crippen molar-refractivity contribution in [2.75, 3.05) is 26.2 Å². The van der Waals surface area contributed by atoms with E-state index >= 15 is 0 Å². The van der Waals surface area contributed by atoms with E-state index in [2.05, 4.69) is 17.1 Å². The highest BCUT2D eigenvalue weighted by Gasteiger charge is 2.22. The van der Waals surface area contributed by atoms with E-state index in [-0.39, 0.29) is 10.6 Å². The van der Waals surface area contributed by atoms with Crippen LogP contribution < -0.4 is 5.32 Å². The summed E-state index contributed by atoms with van der Waals surface area (Å²) in [5, 5.41) is 14.4. The topological polar surface area (TPSA) is 58.4 Å². The molecule has 0 radical (unpaired) electrons. The van der Waals surface area contributed by atoms with Crippen LogP contribution in [0.3, 0.4) is 0 Å². The maximum Gasteiger partial charge on any atom is 0.272 e. The number of likely N-dealkylation sites (N-methyl/N-ethyl adjacent to an activating group) is 1. The molecule has 0 bridgehead atoms. The lowest BCUT2D eigenvalue weighted by atomic mass is 10.1. The lowest BCUT2D eigenvalue weighted by molar-refractivity contribution is -0.385. The summed E-state index contributed by atoms with van der Waals surface area (Å²) in [6.45, 7) is 6.28. The first-order chi connectivity index (χ1) is 9.72. The van der Waals surface area contributed by atoms with Crippen molar-refractivity contribution in [1.82, 2.24) is 10.2 Å². The Morgan fingerprint density at radius 1 is 1.45 bits per heavy atom. The van der Waals surface area contributed by atoms with Gasteiger partial charge in [-0.15, -0.1) is 0 Å². The van der Waals surface area contributed by atoms with Gasteiger partial charge < -0.3 is 5.32 Å². The molecule has 1 atom stereocenters. The zero-order valence-corrected chi connectivity index (χ0v) is 12.0. The number of likely N-dealkylation sites (tertiary alicyclic amines) is 1. The third kappa shape index (κ3) is 3.77. The molecule has 1 aromatic rings. The van der Waals surface area contributed by atoms with Crippen molar-refractivity contribution >= 4 is 5.69 Å². The normalized spacial score (nSPS) is 19.4. The fourth-order valence-electron chi connectivity index (χ4n) is 2.93. The van der Waals surface area contributed by atoms with E-state index in [4.69, 9.17) is 0 Å². The van der Waals surface area contributed by atoms with Gasteiger partial charge in [0.25, 0.3) is 5.69 Å². The monoisotopic (exact) mass is 277 g/mol. The SMILES string of the molecule is CCN1CCCC1CNCCc1ccccc1[N+](=O)[O-]. The molecular weight excluding hydrogens is 254 g/mol. The van der Waals surface area contributed by atoms with Crippen molar-refractivity contribution in [1.29, 1.82) is 0 Å². The molecule has 0 amide bonds. The van der Waals surface area contributed by atoms with Crippen LogP contribution >= 0.6 is 0 Å². The molecule has 0 aliphatic carbocycles. The summed E-state index contributed by atoms with van der Waals surface area (Å²) in [4.78, 5) is 13.1. The number of nitrogens with zero attached hydrogens (tertiary/aromatic N) is 2. The number of nitrogens with one attached hydrogen (secondary N) is 1. The van der Waals surface area contributed by atoms with Gasteiger partial charge in [-0.2, -0.15) is 0 Å². The smallest absolute Gasteiger partial charge is 0.272 e. The molecule has 1 N–H and O–H groups in total. The molecule has 110 valence electrons. The summed E-state index contributed by atoms with van der Waals surface area (Å²) >= 11 is 0. The van der Waals surface area contributed by atoms with Crippen molar-refractivity contribution in [2.45, 2.75) is 32.2 Å². The molecule has 1 saturated heterocycles. The van der Waals surface area contributed by atoms with E-state index in [0.717, 1.165) is 25.2 Å². The molecule has 5 heteroatoms. The Morgan fingerprint density at radius 3 is 3.00 bits per heavy atom. The van der Waals surface area contributed by atoms with E-state index < -0.39 is 0 Å². The lowest BCUT2D eigenvalue weighted by Gasteiger charge is -2.22. The van der Waals surface area contributed by atoms with Gasteiger partial charge in [-0.25, -0.2) is 0 Å². The Morgan fingerprint density at radius 2 is 2.25 bits per heavy atom. The fourth-order valence-corrected chi connectivity index (χ4v) is 2.93. The fraction of sp³-hybridized carbons (Fsp3) is 0.600. The number of nitro benzene ring substituents is 1. The van der Waals surface area contributed by atoms with Gasteiger partial charge in [0.15, 0.2) is 0 Å². The molecule has 0 spiro atoms. The van der Waals surface area contributed by atoms with Gasteiger partial charge >= 0.3 is 0 Å². The van der Waals surface area contributed by atoms with Gasteiger partial charge in [0.05, 0.1) is 4.92 Å². The molecule has 1 heterocycles. The zero-order valence-electron chi connectivity index (χ0n) is 12.0. The third-order valence-corrected chi connectivity index (χ3v) is 4.04. The van der Waals surface area contributed by atoms with Crippen LogP contribution in [0.15, 0.2) is 24.3 Å². The van der Waals surface area contributed by atoms with Crippen molar-refractivity contribution in [3.05, 3.63) is 39.9 Å². The van der Waals surface area contributed by atoms with Crippen LogP contribution in [0.5, 0.6) is 0 Å². The third-order valence-electron chi connectivity index (χ3n) is 4.04. The minimum atomic E-state index is -0.300. The summed E-state index contributed by atoms with van der Waals surface area (Å²) in [6, 6.07) is 7.62. The van der Waals surface area contributed by atoms with Crippen LogP contribution in [0.25, 0.3) is 0 Å². The van der Waals surface area contributed by atoms with Gasteiger partial charge in [-0.3, -0.25) is 15.0 Å². The number of hydrogen-bond acceptors (Lipinski definition) is 4. The number of hydrogen-bond donors (Lipinski definition) is 1. The van der Waals surface area contributed by atoms with Gasteiger partial charge in [0.2, 0.25) is 0 Å². The van der Waals surface area contributed by atoms with Crippen molar-refractivity contribution in [3.63, 3.8) is 0 Å². The minimum Gasteiger partial charge on any atom is -0.315 e. The average molecular weight is 277 g/mol. The molecule has 1 aromatic carbocycles. The van der Waals surface area contributed by atoms with Crippen LogP contribution in [0.1, 0.15) is 25.3 Å². The molecule has 20 heavy (non-hydrogen) atoms. The van der Waals surface area contributed by atoms with Crippen LogP contribution in [-0.4, -0.2) is 42.0 Å². The van der Waals surface area contributed by atoms with Crippen LogP contribution in [0, 0.1) is 10.1 Å². The van der Waals surface area contributed by atoms with E-state index in [0.29, 0.717) is 12.5 Å². The number of rotatable bonds is 7. The molecule has 1 aliphatic rings. The molecular formula is C15H23N3O2. The molecule has 2 rings (SSSR count). The summed E-state index contributed by atoms with van der Waals surface area (Å²) in [6.07, 6.45) is 3.24. The zero-order chi connectivity index (χ0) is 14.4. The van der Waals surface area contributed by atoms with Crippen molar-refractivity contribution in [3.8, 4) is 0 Å². The first-order valence-corrected chi connectivity index (χ1v) is 7.39. The first-order valence-electron chi connectivity index (χ1n) is 7.39. The highest BCUT2D eigenvalue weighted by atomic mass is 16.6. The molecule has 5 nitrogen and oxygen atoms in total. The standard InChI is InChI=1S/C15H23N3O2/c1-2-17-11-5-7-14(17)12-16-10-9-13-6-3-4-8-15(13)18(19)20/h3-4,6,8,14,16H,2,5,7,9-12H2,1H3. The van der Waals surface area contributed by atoms with Gasteiger partial charge in [-0.1, -0.05) is 25.1 Å². The predicted octanol–water partition coefficient (Wildman–Crippen LogP) is 2.21. The Labute approximate surface area is 120 Å². The van der Waals surface area contributed by atoms with Gasteiger partial charge in [-0.05, 0) is 38.9 Å². The highest BCUT2D eigenvalue weighted by Crippen LogP contribution is 2.18. The van der Waals surface area contributed by atoms with E-state index in [1.165, 1.54) is 19.4 Å². The summed E-state index contributed by atoms with van der Waals surface area (Å²) in [7, 11) is 0. The molecule has 0 aromatic heterocycles. The van der Waals surface area contributed by atoms with E-state index in [9.17, 15) is 10.1 Å². The Hall–Kier alpha value is -1.46. The molecule has 1 aliphatic heterocycles. The molecule has 0 saturated carbocycles. The second-order valence-electron chi connectivity index (χ2n) is 5.26. The van der Waals surface area contributed by atoms with Crippen LogP contribution in [0.2, 0.25) is 0 Å². The summed E-state index contributed by atoms with van der Waals surface area (Å²) < 4.78 is 0. The van der Waals surface area contributed by atoms with Gasteiger partial charge in [0, 0.05) is 24.2 Å². The quantitative estimate of drug-likeness (QED) is 0.471.